The molecule has 0 fully saturated rings. The normalized spacial score (nSPS) is 9.00. The molecule has 1 aromatic rings. The summed E-state index contributed by atoms with van der Waals surface area (Å²) in [6.45, 7) is 3.23. The highest BCUT2D eigenvalue weighted by atomic mass is 16.3. The average molecular weight is 111 g/mol. The van der Waals surface area contributed by atoms with Gasteiger partial charge in [-0.25, -0.2) is 4.98 Å². The molecule has 0 saturated heterocycles. The van der Waals surface area contributed by atoms with Crippen LogP contribution >= 0.6 is 0 Å². The van der Waals surface area contributed by atoms with Crippen LogP contribution in [0.3, 0.4) is 0 Å². The number of hydrogen-bond donors (Lipinski definition) is 1. The first-order chi connectivity index (χ1) is 3.80. The molecule has 0 bridgehead atoms. The Labute approximate surface area is 46.3 Å². The van der Waals surface area contributed by atoms with Gasteiger partial charge in [0.1, 0.15) is 17.7 Å². The molecule has 1 rings (SSSR count). The summed E-state index contributed by atoms with van der Waals surface area (Å²) in [4.78, 5) is 3.60. The predicted molar refractivity (Wildman–Crippen MR) is 28.2 cm³/mol. The van der Waals surface area contributed by atoms with Gasteiger partial charge in [-0.15, -0.1) is 0 Å². The number of aliphatic hydroxyl groups is 1. The molecule has 0 aromatic carbocycles. The van der Waals surface area contributed by atoms with Gasteiger partial charge in [0, 0.05) is 0 Å². The molecule has 0 amide bonds. The van der Waals surface area contributed by atoms with E-state index in [2.05, 4.69) is 16.0 Å². The van der Waals surface area contributed by atoms with E-state index in [4.69, 9.17) is 5.11 Å². The minimum atomic E-state index is -0.0706. The summed E-state index contributed by atoms with van der Waals surface area (Å²) in [5, 5.41) is 8.60. The first kappa shape index (κ1) is 4.90. The van der Waals surface area contributed by atoms with E-state index in [1.54, 1.807) is 0 Å². The van der Waals surface area contributed by atoms with Crippen molar-refractivity contribution in [1.29, 1.82) is 0 Å². The van der Waals surface area contributed by atoms with Crippen LogP contribution < -0.4 is 0 Å². The molecule has 0 aliphatic heterocycles. The van der Waals surface area contributed by atoms with Crippen molar-refractivity contribution in [3.8, 4) is 0 Å². The lowest BCUT2D eigenvalue weighted by Gasteiger charge is -1.83. The number of aliphatic hydroxyl groups excluding tert-OH is 1. The molecular formula is C5H5NO2. The molecule has 42 valence electrons. The molecule has 0 saturated carbocycles. The Balaban J connectivity index is 2.93. The van der Waals surface area contributed by atoms with Gasteiger partial charge in [-0.05, 0) is 0 Å². The fourth-order valence-corrected chi connectivity index (χ4v) is 0.355. The molecule has 0 unspecified atom stereocenters. The summed E-state index contributed by atoms with van der Waals surface area (Å²) < 4.78 is 4.54. The van der Waals surface area contributed by atoms with Crippen LogP contribution in [0.15, 0.2) is 23.7 Å². The molecule has 0 aliphatic carbocycles. The Bertz CT molecular complexity index is 178. The summed E-state index contributed by atoms with van der Waals surface area (Å²) in [6.07, 6.45) is 2.55. The number of nitrogens with zero attached hydrogens (tertiary/aromatic N) is 1. The maximum Gasteiger partial charge on any atom is 0.181 e. The first-order valence-corrected chi connectivity index (χ1v) is 2.07. The molecule has 0 spiro atoms. The number of rotatable bonds is 1. The van der Waals surface area contributed by atoms with Crippen LogP contribution in [0.1, 0.15) is 5.69 Å². The zero-order chi connectivity index (χ0) is 5.98. The summed E-state index contributed by atoms with van der Waals surface area (Å²) in [5.74, 6) is -0.0706. The van der Waals surface area contributed by atoms with Gasteiger partial charge in [-0.2, -0.15) is 0 Å². The number of hydrogen-bond acceptors (Lipinski definition) is 3. The van der Waals surface area contributed by atoms with E-state index in [-0.39, 0.29) is 5.76 Å². The highest BCUT2D eigenvalue weighted by Crippen LogP contribution is 2.02. The Morgan fingerprint density at radius 1 is 1.88 bits per heavy atom. The van der Waals surface area contributed by atoms with Crippen molar-refractivity contribution in [3.05, 3.63) is 24.9 Å². The zero-order valence-electron chi connectivity index (χ0n) is 4.16. The molecule has 1 N–H and O–H groups in total. The van der Waals surface area contributed by atoms with Crippen molar-refractivity contribution in [3.63, 3.8) is 0 Å². The maximum atomic E-state index is 8.60. The van der Waals surface area contributed by atoms with Crippen LogP contribution in [0.25, 0.3) is 5.76 Å². The third kappa shape index (κ3) is 0.703. The Morgan fingerprint density at radius 3 is 2.88 bits per heavy atom. The molecule has 0 aliphatic rings. The standard InChI is InChI=1S/C5H5NO2/c1-4(7)5-2-8-3-6-5/h2-3,7H,1H2. The second-order valence-electron chi connectivity index (χ2n) is 1.32. The minimum absolute atomic E-state index is 0.0706. The van der Waals surface area contributed by atoms with Gasteiger partial charge >= 0.3 is 0 Å². The largest absolute Gasteiger partial charge is 0.506 e. The zero-order valence-corrected chi connectivity index (χ0v) is 4.16. The van der Waals surface area contributed by atoms with Crippen molar-refractivity contribution in [2.45, 2.75) is 0 Å². The molecule has 1 heterocycles. The smallest absolute Gasteiger partial charge is 0.181 e. The van der Waals surface area contributed by atoms with Gasteiger partial charge in [0.05, 0.1) is 0 Å². The van der Waals surface area contributed by atoms with Crippen molar-refractivity contribution in [2.75, 3.05) is 0 Å². The van der Waals surface area contributed by atoms with Crippen LogP contribution in [0.5, 0.6) is 0 Å². The van der Waals surface area contributed by atoms with E-state index >= 15 is 0 Å². The summed E-state index contributed by atoms with van der Waals surface area (Å²) in [6, 6.07) is 0. The van der Waals surface area contributed by atoms with Crippen molar-refractivity contribution in [1.82, 2.24) is 4.98 Å². The average Bonchev–Trinajstić information content (AvgIpc) is 2.12. The van der Waals surface area contributed by atoms with Crippen LogP contribution in [0.4, 0.5) is 0 Å². The first-order valence-electron chi connectivity index (χ1n) is 2.07. The summed E-state index contributed by atoms with van der Waals surface area (Å²) >= 11 is 0. The quantitative estimate of drug-likeness (QED) is 0.554. The molecular weight excluding hydrogens is 106 g/mol. The van der Waals surface area contributed by atoms with Gasteiger partial charge in [0.15, 0.2) is 6.39 Å². The monoisotopic (exact) mass is 111 g/mol. The van der Waals surface area contributed by atoms with E-state index in [1.165, 1.54) is 12.7 Å². The lowest BCUT2D eigenvalue weighted by molar-refractivity contribution is 0.508. The Hall–Kier alpha value is -1.25. The molecule has 1 aromatic heterocycles. The molecule has 3 heteroatoms. The minimum Gasteiger partial charge on any atom is -0.506 e. The van der Waals surface area contributed by atoms with E-state index in [9.17, 15) is 0 Å². The van der Waals surface area contributed by atoms with Gasteiger partial charge in [-0.1, -0.05) is 6.58 Å². The maximum absolute atomic E-state index is 8.60. The van der Waals surface area contributed by atoms with Crippen LogP contribution in [0.2, 0.25) is 0 Å². The van der Waals surface area contributed by atoms with Crippen molar-refractivity contribution in [2.24, 2.45) is 0 Å². The number of oxazole rings is 1. The number of aromatic nitrogens is 1. The summed E-state index contributed by atoms with van der Waals surface area (Å²) in [7, 11) is 0. The van der Waals surface area contributed by atoms with Crippen LogP contribution in [-0.2, 0) is 0 Å². The third-order valence-electron chi connectivity index (χ3n) is 0.728. The van der Waals surface area contributed by atoms with E-state index in [1.807, 2.05) is 0 Å². The summed E-state index contributed by atoms with van der Waals surface area (Å²) in [5.41, 5.74) is 0.380. The SMILES string of the molecule is C=C(O)c1cocn1. The Morgan fingerprint density at radius 2 is 2.62 bits per heavy atom. The topological polar surface area (TPSA) is 46.3 Å². The van der Waals surface area contributed by atoms with Crippen molar-refractivity contribution < 1.29 is 9.52 Å². The Kier molecular flexibility index (Phi) is 1.04. The predicted octanol–water partition coefficient (Wildman–Crippen LogP) is 1.20. The molecule has 0 atom stereocenters. The van der Waals surface area contributed by atoms with Gasteiger partial charge < -0.3 is 9.52 Å². The second-order valence-corrected chi connectivity index (χ2v) is 1.32. The van der Waals surface area contributed by atoms with E-state index in [0.29, 0.717) is 5.69 Å². The fourth-order valence-electron chi connectivity index (χ4n) is 0.355. The van der Waals surface area contributed by atoms with E-state index in [0.717, 1.165) is 0 Å². The highest BCUT2D eigenvalue weighted by molar-refractivity contribution is 5.49. The molecule has 3 nitrogen and oxygen atoms in total. The lowest BCUT2D eigenvalue weighted by Crippen LogP contribution is -1.76. The van der Waals surface area contributed by atoms with Crippen molar-refractivity contribution >= 4 is 5.76 Å². The highest BCUT2D eigenvalue weighted by Gasteiger charge is 1.95. The second kappa shape index (κ2) is 1.69. The molecule has 8 heavy (non-hydrogen) atoms. The van der Waals surface area contributed by atoms with Gasteiger partial charge in [0.25, 0.3) is 0 Å². The molecule has 0 radical (unpaired) electrons. The van der Waals surface area contributed by atoms with Gasteiger partial charge in [-0.3, -0.25) is 0 Å². The lowest BCUT2D eigenvalue weighted by atomic mass is 10.4. The third-order valence-corrected chi connectivity index (χ3v) is 0.728. The van der Waals surface area contributed by atoms with Gasteiger partial charge in [0.2, 0.25) is 0 Å². The van der Waals surface area contributed by atoms with Crippen LogP contribution in [0, 0.1) is 0 Å². The van der Waals surface area contributed by atoms with Crippen LogP contribution in [-0.4, -0.2) is 10.1 Å². The van der Waals surface area contributed by atoms with E-state index < -0.39 is 0 Å². The fraction of sp³-hybridized carbons (Fsp3) is 0.